The van der Waals surface area contributed by atoms with Gasteiger partial charge in [-0.05, 0) is 75.7 Å². The summed E-state index contributed by atoms with van der Waals surface area (Å²) in [6.45, 7) is 2.15. The number of carbonyl (C=O) groups is 2. The summed E-state index contributed by atoms with van der Waals surface area (Å²) in [6, 6.07) is 0.323. The maximum atomic E-state index is 12.3. The molecule has 7 heteroatoms. The van der Waals surface area contributed by atoms with Crippen LogP contribution in [0.4, 0.5) is 4.79 Å². The van der Waals surface area contributed by atoms with Crippen LogP contribution in [0, 0.1) is 17.8 Å². The third-order valence-corrected chi connectivity index (χ3v) is 6.76. The molecule has 6 nitrogen and oxygen atoms in total. The molecule has 1 heterocycles. The molecule has 5 aliphatic rings. The van der Waals surface area contributed by atoms with Crippen LogP contribution in [-0.4, -0.2) is 43.2 Å². The minimum Gasteiger partial charge on any atom is -0.354 e. The zero-order chi connectivity index (χ0) is 17.3. The van der Waals surface area contributed by atoms with E-state index in [1.807, 2.05) is 0 Å². The highest BCUT2D eigenvalue weighted by Gasteiger charge is 2.51. The highest BCUT2D eigenvalue weighted by molar-refractivity contribution is 5.85. The minimum absolute atomic E-state index is 0. The van der Waals surface area contributed by atoms with Crippen molar-refractivity contribution in [2.24, 2.45) is 17.8 Å². The van der Waals surface area contributed by atoms with E-state index in [-0.39, 0.29) is 29.9 Å². The largest absolute Gasteiger partial charge is 0.354 e. The van der Waals surface area contributed by atoms with Crippen molar-refractivity contribution in [3.05, 3.63) is 0 Å². The molecular formula is C19H33ClN4O2. The summed E-state index contributed by atoms with van der Waals surface area (Å²) in [5.41, 5.74) is 0.0369. The smallest absolute Gasteiger partial charge is 0.315 e. The lowest BCUT2D eigenvalue weighted by molar-refractivity contribution is -0.121. The van der Waals surface area contributed by atoms with E-state index in [9.17, 15) is 9.59 Å². The SMILES string of the molecule is Cl.O=C(CCNC(=O)NC12CC3CC(CC(C3)C1)C2)NCC1CCCN1. The van der Waals surface area contributed by atoms with Crippen LogP contribution in [0.1, 0.15) is 57.8 Å². The van der Waals surface area contributed by atoms with Crippen molar-refractivity contribution in [1.29, 1.82) is 0 Å². The van der Waals surface area contributed by atoms with Gasteiger partial charge in [-0.3, -0.25) is 4.79 Å². The molecule has 0 aromatic rings. The van der Waals surface area contributed by atoms with E-state index in [0.717, 1.165) is 50.0 Å². The summed E-state index contributed by atoms with van der Waals surface area (Å²) in [6.07, 6.45) is 10.2. The Morgan fingerprint density at radius 1 is 1.00 bits per heavy atom. The lowest BCUT2D eigenvalue weighted by Gasteiger charge is -2.56. The summed E-state index contributed by atoms with van der Waals surface area (Å²) in [5, 5.41) is 12.5. The molecule has 3 amide bonds. The van der Waals surface area contributed by atoms with Crippen LogP contribution in [-0.2, 0) is 4.79 Å². The Balaban J connectivity index is 0.00000196. The highest BCUT2D eigenvalue weighted by atomic mass is 35.5. The Morgan fingerprint density at radius 2 is 1.65 bits per heavy atom. The number of urea groups is 1. The standard InChI is InChI=1S/C19H32N4O2.ClH/c24-17(22-12-16-2-1-4-20-16)3-5-21-18(25)23-19-9-13-6-14(10-19)8-15(7-13)11-19;/h13-16,20H,1-12H2,(H,22,24)(H2,21,23,25);1H. The van der Waals surface area contributed by atoms with Crippen LogP contribution >= 0.6 is 12.4 Å². The number of amides is 3. The molecule has 4 aliphatic carbocycles. The molecule has 0 radical (unpaired) electrons. The summed E-state index contributed by atoms with van der Waals surface area (Å²) in [5.74, 6) is 2.48. The number of carbonyl (C=O) groups excluding carboxylic acids is 2. The lowest BCUT2D eigenvalue weighted by atomic mass is 9.53. The van der Waals surface area contributed by atoms with E-state index in [0.29, 0.717) is 25.6 Å². The number of nitrogens with one attached hydrogen (secondary N) is 4. The van der Waals surface area contributed by atoms with Crippen LogP contribution in [0.15, 0.2) is 0 Å². The predicted octanol–water partition coefficient (Wildman–Crippen LogP) is 1.93. The van der Waals surface area contributed by atoms with E-state index >= 15 is 0 Å². The molecule has 1 atom stereocenters. The molecular weight excluding hydrogens is 352 g/mol. The van der Waals surface area contributed by atoms with Gasteiger partial charge in [-0.1, -0.05) is 0 Å². The predicted molar refractivity (Wildman–Crippen MR) is 103 cm³/mol. The third kappa shape index (κ3) is 4.63. The lowest BCUT2D eigenvalue weighted by Crippen LogP contribution is -2.61. The second-order valence-electron chi connectivity index (χ2n) is 8.93. The topological polar surface area (TPSA) is 82.3 Å². The quantitative estimate of drug-likeness (QED) is 0.564. The normalized spacial score (nSPS) is 37.1. The Labute approximate surface area is 162 Å². The first-order chi connectivity index (χ1) is 12.1. The first kappa shape index (κ1) is 19.7. The molecule has 0 spiro atoms. The first-order valence-electron chi connectivity index (χ1n) is 10.2. The molecule has 4 N–H and O–H groups in total. The van der Waals surface area contributed by atoms with Gasteiger partial charge in [0.1, 0.15) is 0 Å². The zero-order valence-corrected chi connectivity index (χ0v) is 16.3. The third-order valence-electron chi connectivity index (χ3n) is 6.76. The number of hydrogen-bond donors (Lipinski definition) is 4. The monoisotopic (exact) mass is 384 g/mol. The van der Waals surface area contributed by atoms with Gasteiger partial charge < -0.3 is 21.3 Å². The summed E-state index contributed by atoms with van der Waals surface area (Å²) < 4.78 is 0. The van der Waals surface area contributed by atoms with Crippen molar-refractivity contribution in [2.75, 3.05) is 19.6 Å². The van der Waals surface area contributed by atoms with Gasteiger partial charge in [0, 0.05) is 31.1 Å². The summed E-state index contributed by atoms with van der Waals surface area (Å²) in [7, 11) is 0. The van der Waals surface area contributed by atoms with E-state index in [1.165, 1.54) is 25.7 Å². The molecule has 0 aromatic carbocycles. The first-order valence-corrected chi connectivity index (χ1v) is 10.2. The second-order valence-corrected chi connectivity index (χ2v) is 8.93. The van der Waals surface area contributed by atoms with Crippen molar-refractivity contribution in [2.45, 2.75) is 69.4 Å². The van der Waals surface area contributed by atoms with Gasteiger partial charge in [-0.15, -0.1) is 12.4 Å². The Hall–Kier alpha value is -1.01. The van der Waals surface area contributed by atoms with Gasteiger partial charge in [-0.2, -0.15) is 0 Å². The average molecular weight is 385 g/mol. The van der Waals surface area contributed by atoms with Crippen LogP contribution in [0.3, 0.4) is 0 Å². The fourth-order valence-electron chi connectivity index (χ4n) is 6.09. The Bertz CT molecular complexity index is 486. The highest BCUT2D eigenvalue weighted by Crippen LogP contribution is 2.55. The average Bonchev–Trinajstić information content (AvgIpc) is 3.04. The molecule has 148 valence electrons. The Kier molecular flexibility index (Phi) is 6.33. The zero-order valence-electron chi connectivity index (χ0n) is 15.5. The number of halogens is 1. The van der Waals surface area contributed by atoms with Crippen LogP contribution in [0.2, 0.25) is 0 Å². The van der Waals surface area contributed by atoms with Gasteiger partial charge in [0.2, 0.25) is 5.91 Å². The van der Waals surface area contributed by atoms with Crippen molar-refractivity contribution in [1.82, 2.24) is 21.3 Å². The van der Waals surface area contributed by atoms with Gasteiger partial charge in [-0.25, -0.2) is 4.79 Å². The molecule has 1 aliphatic heterocycles. The Morgan fingerprint density at radius 3 is 2.23 bits per heavy atom. The molecule has 4 bridgehead atoms. The van der Waals surface area contributed by atoms with E-state index in [2.05, 4.69) is 21.3 Å². The molecule has 5 fully saturated rings. The van der Waals surface area contributed by atoms with Crippen molar-refractivity contribution in [3.63, 3.8) is 0 Å². The van der Waals surface area contributed by atoms with Gasteiger partial charge >= 0.3 is 6.03 Å². The number of hydrogen-bond acceptors (Lipinski definition) is 3. The van der Waals surface area contributed by atoms with E-state index in [1.54, 1.807) is 0 Å². The van der Waals surface area contributed by atoms with Crippen molar-refractivity contribution < 1.29 is 9.59 Å². The fraction of sp³-hybridized carbons (Fsp3) is 0.895. The van der Waals surface area contributed by atoms with Crippen molar-refractivity contribution in [3.8, 4) is 0 Å². The minimum atomic E-state index is -0.0905. The fourth-order valence-corrected chi connectivity index (χ4v) is 6.09. The van der Waals surface area contributed by atoms with Crippen LogP contribution in [0.25, 0.3) is 0 Å². The maximum Gasteiger partial charge on any atom is 0.315 e. The molecule has 5 rings (SSSR count). The van der Waals surface area contributed by atoms with Gasteiger partial charge in [0.15, 0.2) is 0 Å². The molecule has 1 saturated heterocycles. The maximum absolute atomic E-state index is 12.3. The van der Waals surface area contributed by atoms with Crippen LogP contribution < -0.4 is 21.3 Å². The molecule has 4 saturated carbocycles. The van der Waals surface area contributed by atoms with Gasteiger partial charge in [0.05, 0.1) is 0 Å². The molecule has 0 aromatic heterocycles. The van der Waals surface area contributed by atoms with Crippen molar-refractivity contribution >= 4 is 24.3 Å². The second kappa shape index (κ2) is 8.34. The summed E-state index contributed by atoms with van der Waals surface area (Å²) in [4.78, 5) is 24.2. The number of rotatable bonds is 6. The van der Waals surface area contributed by atoms with Gasteiger partial charge in [0.25, 0.3) is 0 Å². The van der Waals surface area contributed by atoms with E-state index in [4.69, 9.17) is 0 Å². The molecule has 1 unspecified atom stereocenters. The molecule has 26 heavy (non-hydrogen) atoms. The van der Waals surface area contributed by atoms with E-state index < -0.39 is 0 Å². The summed E-state index contributed by atoms with van der Waals surface area (Å²) >= 11 is 0. The van der Waals surface area contributed by atoms with Crippen LogP contribution in [0.5, 0.6) is 0 Å².